The molecule has 1 rings (SSSR count). The van der Waals surface area contributed by atoms with E-state index in [2.05, 4.69) is 4.74 Å². The van der Waals surface area contributed by atoms with Crippen molar-refractivity contribution in [1.82, 2.24) is 0 Å². The molecule has 0 heterocycles. The first-order chi connectivity index (χ1) is 8.38. The van der Waals surface area contributed by atoms with E-state index in [0.29, 0.717) is 12.1 Å². The number of hydrogen-bond acceptors (Lipinski definition) is 8. The molecular weight excluding hydrogens is 254 g/mol. The number of nitrogens with zero attached hydrogens (tertiary/aromatic N) is 3. The van der Waals surface area contributed by atoms with Crippen molar-refractivity contribution in [3.8, 4) is 5.75 Å². The first kappa shape index (κ1) is 13.0. The third-order valence-corrected chi connectivity index (χ3v) is 1.80. The summed E-state index contributed by atoms with van der Waals surface area (Å²) >= 11 is 0. The van der Waals surface area contributed by atoms with Gasteiger partial charge in [0, 0.05) is 0 Å². The Hall–Kier alpha value is -3.11. The largest absolute Gasteiger partial charge is 0.428 e. The lowest BCUT2D eigenvalue weighted by atomic mass is 10.2. The molecule has 0 radical (unpaired) electrons. The summed E-state index contributed by atoms with van der Waals surface area (Å²) < 4.78 is 4.21. The lowest BCUT2D eigenvalue weighted by Crippen LogP contribution is -2.02. The number of nitro groups is 3. The zero-order chi connectivity index (χ0) is 13.9. The molecule has 94 valence electrons. The number of carbonyl (C=O) groups excluding carboxylic acids is 1. The first-order valence-electron chi connectivity index (χ1n) is 4.10. The molecule has 0 aliphatic carbocycles. The van der Waals surface area contributed by atoms with Crippen molar-refractivity contribution < 1.29 is 24.3 Å². The van der Waals surface area contributed by atoms with Crippen molar-refractivity contribution in [2.75, 3.05) is 0 Å². The van der Waals surface area contributed by atoms with E-state index < -0.39 is 37.6 Å². The molecular formula is C7H3N3O8. The average molecular weight is 257 g/mol. The van der Waals surface area contributed by atoms with Crippen molar-refractivity contribution in [2.24, 2.45) is 0 Å². The van der Waals surface area contributed by atoms with Crippen LogP contribution in [0.2, 0.25) is 0 Å². The van der Waals surface area contributed by atoms with Gasteiger partial charge in [0.2, 0.25) is 0 Å². The zero-order valence-corrected chi connectivity index (χ0v) is 8.34. The van der Waals surface area contributed by atoms with E-state index in [-0.39, 0.29) is 6.47 Å². The number of carbonyl (C=O) groups is 1. The molecule has 1 aromatic rings. The zero-order valence-electron chi connectivity index (χ0n) is 8.34. The van der Waals surface area contributed by atoms with E-state index >= 15 is 0 Å². The maximum absolute atomic E-state index is 10.6. The van der Waals surface area contributed by atoms with Crippen LogP contribution < -0.4 is 4.74 Å². The minimum atomic E-state index is -1.27. The van der Waals surface area contributed by atoms with Gasteiger partial charge in [-0.2, -0.15) is 0 Å². The van der Waals surface area contributed by atoms with Gasteiger partial charge in [0.1, 0.15) is 5.75 Å². The molecule has 0 bridgehead atoms. The maximum Gasteiger partial charge on any atom is 0.422 e. The highest BCUT2D eigenvalue weighted by molar-refractivity contribution is 5.69. The van der Waals surface area contributed by atoms with Crippen LogP contribution in [0.3, 0.4) is 0 Å². The summed E-state index contributed by atoms with van der Waals surface area (Å²) in [5.74, 6) is -0.533. The molecule has 0 fully saturated rings. The van der Waals surface area contributed by atoms with Crippen LogP contribution in [0.4, 0.5) is 17.1 Å². The van der Waals surface area contributed by atoms with E-state index in [0.717, 1.165) is 0 Å². The van der Waals surface area contributed by atoms with Gasteiger partial charge in [-0.25, -0.2) is 0 Å². The van der Waals surface area contributed by atoms with E-state index in [1.807, 2.05) is 0 Å². The Morgan fingerprint density at radius 1 is 0.944 bits per heavy atom. The Labute approximate surface area is 97.0 Å². The number of rotatable bonds is 5. The van der Waals surface area contributed by atoms with Gasteiger partial charge in [0.05, 0.1) is 26.9 Å². The fourth-order valence-electron chi connectivity index (χ4n) is 1.17. The summed E-state index contributed by atoms with van der Waals surface area (Å²) in [5, 5.41) is 31.8. The average Bonchev–Trinajstić information content (AvgIpc) is 2.27. The van der Waals surface area contributed by atoms with Crippen LogP contribution in [0, 0.1) is 30.3 Å². The standard InChI is InChI=1S/C7H3N3O8/c11-3-18-4-1-5(8(12)13)7(10(16)17)6(2-4)9(14)15/h1-3H. The molecule has 0 aliphatic heterocycles. The Morgan fingerprint density at radius 2 is 1.39 bits per heavy atom. The van der Waals surface area contributed by atoms with Crippen LogP contribution in [-0.2, 0) is 4.79 Å². The number of nitro benzene ring substituents is 3. The molecule has 0 spiro atoms. The Bertz CT molecular complexity index is 519. The van der Waals surface area contributed by atoms with Crippen LogP contribution in [0.5, 0.6) is 5.75 Å². The summed E-state index contributed by atoms with van der Waals surface area (Å²) in [6.45, 7) is -0.116. The van der Waals surface area contributed by atoms with Gasteiger partial charge in [-0.1, -0.05) is 0 Å². The van der Waals surface area contributed by atoms with Gasteiger partial charge in [-0.15, -0.1) is 0 Å². The third-order valence-electron chi connectivity index (χ3n) is 1.80. The monoisotopic (exact) mass is 257 g/mol. The Kier molecular flexibility index (Phi) is 3.47. The van der Waals surface area contributed by atoms with Crippen molar-refractivity contribution in [1.29, 1.82) is 0 Å². The maximum atomic E-state index is 10.6. The lowest BCUT2D eigenvalue weighted by molar-refractivity contribution is -0.441. The normalized spacial score (nSPS) is 9.56. The van der Waals surface area contributed by atoms with Gasteiger partial charge in [0.15, 0.2) is 0 Å². The van der Waals surface area contributed by atoms with Gasteiger partial charge < -0.3 is 4.74 Å². The quantitative estimate of drug-likeness (QED) is 0.428. The predicted octanol–water partition coefficient (Wildman–Crippen LogP) is 0.946. The molecule has 18 heavy (non-hydrogen) atoms. The Balaban J connectivity index is 3.64. The molecule has 11 heteroatoms. The van der Waals surface area contributed by atoms with Crippen molar-refractivity contribution in [3.05, 3.63) is 42.5 Å². The second-order valence-corrected chi connectivity index (χ2v) is 2.80. The van der Waals surface area contributed by atoms with Crippen molar-refractivity contribution in [2.45, 2.75) is 0 Å². The van der Waals surface area contributed by atoms with Gasteiger partial charge in [-0.05, 0) is 0 Å². The van der Waals surface area contributed by atoms with Crippen LogP contribution >= 0.6 is 0 Å². The molecule has 0 aromatic heterocycles. The SMILES string of the molecule is O=COc1cc([N+](=O)[O-])c([N+](=O)[O-])c([N+](=O)[O-])c1. The van der Waals surface area contributed by atoms with Crippen molar-refractivity contribution >= 4 is 23.5 Å². The number of hydrogen-bond donors (Lipinski definition) is 0. The van der Waals surface area contributed by atoms with Gasteiger partial charge in [0.25, 0.3) is 6.47 Å². The van der Waals surface area contributed by atoms with Crippen LogP contribution in [0.15, 0.2) is 12.1 Å². The van der Waals surface area contributed by atoms with Gasteiger partial charge in [-0.3, -0.25) is 35.1 Å². The van der Waals surface area contributed by atoms with Crippen molar-refractivity contribution in [3.63, 3.8) is 0 Å². The molecule has 0 N–H and O–H groups in total. The van der Waals surface area contributed by atoms with Gasteiger partial charge >= 0.3 is 17.1 Å². The third kappa shape index (κ3) is 2.34. The van der Waals surface area contributed by atoms with E-state index in [4.69, 9.17) is 0 Å². The molecule has 1 aromatic carbocycles. The fourth-order valence-corrected chi connectivity index (χ4v) is 1.17. The van der Waals surface area contributed by atoms with E-state index in [1.54, 1.807) is 0 Å². The number of benzene rings is 1. The highest BCUT2D eigenvalue weighted by Crippen LogP contribution is 2.39. The van der Waals surface area contributed by atoms with E-state index in [9.17, 15) is 35.1 Å². The fraction of sp³-hybridized carbons (Fsp3) is 0. The summed E-state index contributed by atoms with van der Waals surface area (Å²) in [6.07, 6.45) is 0. The lowest BCUT2D eigenvalue weighted by Gasteiger charge is -2.00. The molecule has 11 nitrogen and oxygen atoms in total. The first-order valence-corrected chi connectivity index (χ1v) is 4.10. The second kappa shape index (κ2) is 4.82. The molecule has 0 saturated carbocycles. The molecule has 0 unspecified atom stereocenters. The van der Waals surface area contributed by atoms with Crippen LogP contribution in [-0.4, -0.2) is 21.2 Å². The molecule has 0 aliphatic rings. The van der Waals surface area contributed by atoms with Crippen LogP contribution in [0.1, 0.15) is 0 Å². The Morgan fingerprint density at radius 3 is 1.67 bits per heavy atom. The summed E-state index contributed by atoms with van der Waals surface area (Å²) in [5.41, 5.74) is -3.54. The minimum Gasteiger partial charge on any atom is -0.428 e. The summed E-state index contributed by atoms with van der Waals surface area (Å²) in [4.78, 5) is 38.2. The van der Waals surface area contributed by atoms with Crippen LogP contribution in [0.25, 0.3) is 0 Å². The van der Waals surface area contributed by atoms with E-state index in [1.165, 1.54) is 0 Å². The molecule has 0 saturated heterocycles. The molecule has 0 amide bonds. The minimum absolute atomic E-state index is 0.116. The topological polar surface area (TPSA) is 156 Å². The summed E-state index contributed by atoms with van der Waals surface area (Å²) in [6, 6.07) is 1.11. The summed E-state index contributed by atoms with van der Waals surface area (Å²) in [7, 11) is 0. The predicted molar refractivity (Wildman–Crippen MR) is 53.1 cm³/mol. The second-order valence-electron chi connectivity index (χ2n) is 2.80. The highest BCUT2D eigenvalue weighted by Gasteiger charge is 2.37. The number of ether oxygens (including phenoxy) is 1. The highest BCUT2D eigenvalue weighted by atomic mass is 16.6. The molecule has 0 atom stereocenters. The smallest absolute Gasteiger partial charge is 0.422 e.